The molecule has 0 radical (unpaired) electrons. The van der Waals surface area contributed by atoms with Gasteiger partial charge in [-0.2, -0.15) is 0 Å². The molecule has 536 valence electrons. The molecule has 91 heavy (non-hydrogen) atoms. The van der Waals surface area contributed by atoms with E-state index in [9.17, 15) is 43.2 Å². The Labute approximate surface area is 554 Å². The van der Waals surface area contributed by atoms with Gasteiger partial charge in [-0.15, -0.1) is 0 Å². The number of hydrogen-bond donors (Lipinski definition) is 3. The molecule has 0 fully saturated rings. The van der Waals surface area contributed by atoms with Crippen molar-refractivity contribution < 1.29 is 80.2 Å². The van der Waals surface area contributed by atoms with E-state index in [2.05, 4.69) is 72.8 Å². The number of ether oxygens (including phenoxy) is 4. The average molecular weight is 1340 g/mol. The highest BCUT2D eigenvalue weighted by Crippen LogP contribution is 2.45. The van der Waals surface area contributed by atoms with E-state index in [1.54, 1.807) is 0 Å². The molecule has 0 bridgehead atoms. The second-order valence-corrected chi connectivity index (χ2v) is 29.6. The van der Waals surface area contributed by atoms with Gasteiger partial charge in [0.05, 0.1) is 26.4 Å². The first-order valence-corrected chi connectivity index (χ1v) is 39.7. The van der Waals surface area contributed by atoms with Crippen LogP contribution in [0.5, 0.6) is 0 Å². The minimum atomic E-state index is -4.96. The number of phosphoric ester groups is 2. The van der Waals surface area contributed by atoms with Gasteiger partial charge in [0, 0.05) is 25.7 Å². The number of carbonyl (C=O) groups excluding carboxylic acids is 4. The Morgan fingerprint density at radius 1 is 0.341 bits per heavy atom. The molecule has 0 aliphatic heterocycles. The molecule has 19 heteroatoms. The van der Waals surface area contributed by atoms with Crippen molar-refractivity contribution in [2.75, 3.05) is 39.6 Å². The molecule has 0 aromatic rings. The van der Waals surface area contributed by atoms with Crippen molar-refractivity contribution in [3.63, 3.8) is 0 Å². The fourth-order valence-electron chi connectivity index (χ4n) is 10.4. The summed E-state index contributed by atoms with van der Waals surface area (Å²) in [4.78, 5) is 72.5. The first-order chi connectivity index (χ1) is 43.7. The summed E-state index contributed by atoms with van der Waals surface area (Å²) in [6, 6.07) is 0. The largest absolute Gasteiger partial charge is 0.472 e. The van der Waals surface area contributed by atoms with Crippen molar-refractivity contribution in [3.05, 3.63) is 24.3 Å². The number of allylic oxidation sites excluding steroid dienone is 4. The van der Waals surface area contributed by atoms with Crippen LogP contribution >= 0.6 is 15.6 Å². The Balaban J connectivity index is 5.27. The predicted molar refractivity (Wildman–Crippen MR) is 367 cm³/mol. The molecular weight excluding hydrogens is 1200 g/mol. The predicted octanol–water partition coefficient (Wildman–Crippen LogP) is 20.2. The summed E-state index contributed by atoms with van der Waals surface area (Å²) in [5.74, 6) is 0.0254. The zero-order chi connectivity index (χ0) is 67.3. The number of unbranched alkanes of at least 4 members (excludes halogenated alkanes) is 33. The van der Waals surface area contributed by atoms with Crippen LogP contribution in [0.3, 0.4) is 0 Å². The topological polar surface area (TPSA) is 237 Å². The third-order valence-corrected chi connectivity index (χ3v) is 17.9. The van der Waals surface area contributed by atoms with Gasteiger partial charge in [0.2, 0.25) is 0 Å². The van der Waals surface area contributed by atoms with Gasteiger partial charge in [-0.3, -0.25) is 37.3 Å². The first kappa shape index (κ1) is 88.5. The molecule has 0 aliphatic rings. The Kier molecular flexibility index (Phi) is 60.7. The molecule has 0 aromatic heterocycles. The number of hydrogen-bond acceptors (Lipinski definition) is 15. The summed E-state index contributed by atoms with van der Waals surface area (Å²) < 4.78 is 68.3. The lowest BCUT2D eigenvalue weighted by Gasteiger charge is -2.21. The van der Waals surface area contributed by atoms with Crippen LogP contribution in [-0.4, -0.2) is 96.7 Å². The van der Waals surface area contributed by atoms with Crippen LogP contribution < -0.4 is 0 Å². The quantitative estimate of drug-likeness (QED) is 0.0169. The molecule has 0 rings (SSSR count). The maximum Gasteiger partial charge on any atom is 0.472 e. The summed E-state index contributed by atoms with van der Waals surface area (Å²) in [5, 5.41) is 10.6. The van der Waals surface area contributed by atoms with E-state index in [1.165, 1.54) is 128 Å². The molecule has 17 nitrogen and oxygen atoms in total. The summed E-state index contributed by atoms with van der Waals surface area (Å²) >= 11 is 0. The smallest absolute Gasteiger partial charge is 0.462 e. The van der Waals surface area contributed by atoms with E-state index in [-0.39, 0.29) is 25.7 Å². The van der Waals surface area contributed by atoms with Crippen molar-refractivity contribution in [2.24, 2.45) is 17.8 Å². The van der Waals surface area contributed by atoms with Crippen LogP contribution in [0.4, 0.5) is 0 Å². The minimum absolute atomic E-state index is 0.0845. The second kappa shape index (κ2) is 62.4. The molecule has 5 atom stereocenters. The average Bonchev–Trinajstić information content (AvgIpc) is 3.61. The van der Waals surface area contributed by atoms with Gasteiger partial charge in [-0.25, -0.2) is 9.13 Å². The third kappa shape index (κ3) is 66.0. The number of carbonyl (C=O) groups is 4. The zero-order valence-electron chi connectivity index (χ0n) is 58.8. The Morgan fingerprint density at radius 2 is 0.593 bits per heavy atom. The van der Waals surface area contributed by atoms with E-state index >= 15 is 0 Å². The van der Waals surface area contributed by atoms with Crippen LogP contribution in [0.2, 0.25) is 0 Å². The fourth-order valence-corrected chi connectivity index (χ4v) is 11.9. The van der Waals surface area contributed by atoms with Gasteiger partial charge in [0.25, 0.3) is 0 Å². The van der Waals surface area contributed by atoms with Gasteiger partial charge >= 0.3 is 39.5 Å². The lowest BCUT2D eigenvalue weighted by atomic mass is 10.0. The van der Waals surface area contributed by atoms with E-state index in [1.807, 2.05) is 0 Å². The molecule has 0 saturated carbocycles. The van der Waals surface area contributed by atoms with Crippen molar-refractivity contribution in [1.82, 2.24) is 0 Å². The van der Waals surface area contributed by atoms with Gasteiger partial charge < -0.3 is 33.8 Å². The van der Waals surface area contributed by atoms with E-state index in [4.69, 9.17) is 37.0 Å². The van der Waals surface area contributed by atoms with Gasteiger partial charge in [-0.05, 0) is 69.1 Å². The van der Waals surface area contributed by atoms with Gasteiger partial charge in [0.1, 0.15) is 19.3 Å². The molecule has 0 amide bonds. The molecule has 0 aliphatic carbocycles. The van der Waals surface area contributed by atoms with Crippen LogP contribution in [0.15, 0.2) is 24.3 Å². The summed E-state index contributed by atoms with van der Waals surface area (Å²) in [7, 11) is -9.92. The molecule has 0 saturated heterocycles. The van der Waals surface area contributed by atoms with E-state index < -0.39 is 97.5 Å². The number of phosphoric acid groups is 2. The second-order valence-electron chi connectivity index (χ2n) is 26.7. The highest BCUT2D eigenvalue weighted by Gasteiger charge is 2.30. The Bertz CT molecular complexity index is 1880. The van der Waals surface area contributed by atoms with Gasteiger partial charge in [-0.1, -0.05) is 285 Å². The molecule has 0 heterocycles. The number of aliphatic hydroxyl groups excluding tert-OH is 1. The molecule has 2 unspecified atom stereocenters. The summed E-state index contributed by atoms with van der Waals surface area (Å²) in [5.41, 5.74) is 0. The Morgan fingerprint density at radius 3 is 0.890 bits per heavy atom. The normalized spacial score (nSPS) is 14.3. The van der Waals surface area contributed by atoms with E-state index in [0.29, 0.717) is 37.5 Å². The van der Waals surface area contributed by atoms with Crippen molar-refractivity contribution >= 4 is 39.5 Å². The lowest BCUT2D eigenvalue weighted by molar-refractivity contribution is -0.161. The molecular formula is C72H136O17P2. The summed E-state index contributed by atoms with van der Waals surface area (Å²) in [6.45, 7) is 11.7. The van der Waals surface area contributed by atoms with Crippen molar-refractivity contribution in [3.8, 4) is 0 Å². The maximum atomic E-state index is 13.0. The van der Waals surface area contributed by atoms with Crippen LogP contribution in [-0.2, 0) is 65.4 Å². The molecule has 3 N–H and O–H groups in total. The highest BCUT2D eigenvalue weighted by atomic mass is 31.2. The fraction of sp³-hybridized carbons (Fsp3) is 0.889. The standard InChI is InChI=1S/C72H136O17P2/c1-8-9-10-11-12-13-14-15-16-19-23-26-32-41-48-55-71(76)88-67(59-82-69(74)53-46-39-31-25-22-20-17-18-21-24-29-36-43-50-63(2)3)61-86-90(78,79)84-57-66(73)58-85-91(80,81)87-62-68(60-83-70(75)54-47-40-35-34-38-45-52-65(6)7)89-72(77)56-49-42-33-28-27-30-37-44-51-64(4)5/h13-16,63-68,73H,8-12,17-62H2,1-7H3,(H,78,79)(H,80,81)/b14-13-,16-15-/t66-,67-,68-/m1/s1. The third-order valence-electron chi connectivity index (χ3n) is 16.0. The van der Waals surface area contributed by atoms with Crippen molar-refractivity contribution in [2.45, 2.75) is 356 Å². The number of rotatable bonds is 68. The summed E-state index contributed by atoms with van der Waals surface area (Å²) in [6.07, 6.45) is 49.6. The van der Waals surface area contributed by atoms with E-state index in [0.717, 1.165) is 115 Å². The van der Waals surface area contributed by atoms with Gasteiger partial charge in [0.15, 0.2) is 12.2 Å². The lowest BCUT2D eigenvalue weighted by Crippen LogP contribution is -2.30. The Hall–Kier alpha value is -2.46. The zero-order valence-corrected chi connectivity index (χ0v) is 60.6. The monoisotopic (exact) mass is 1330 g/mol. The molecule has 0 aromatic carbocycles. The number of aliphatic hydroxyl groups is 1. The molecule has 0 spiro atoms. The maximum absolute atomic E-state index is 13.0. The van der Waals surface area contributed by atoms with Crippen molar-refractivity contribution in [1.29, 1.82) is 0 Å². The van der Waals surface area contributed by atoms with Crippen LogP contribution in [0.1, 0.15) is 337 Å². The number of esters is 4. The SMILES string of the molecule is CCCCCC/C=C\C=C/CCCCCCCC(=O)O[C@H](COC(=O)CCCCCCCCCCCCCCCC(C)C)COP(=O)(O)OC[C@@H](O)COP(=O)(O)OC[C@@H](COC(=O)CCCCCCCCC(C)C)OC(=O)CCCCCCCCCCC(C)C. The van der Waals surface area contributed by atoms with Crippen LogP contribution in [0.25, 0.3) is 0 Å². The highest BCUT2D eigenvalue weighted by molar-refractivity contribution is 7.47. The first-order valence-electron chi connectivity index (χ1n) is 36.7. The minimum Gasteiger partial charge on any atom is -0.462 e. The van der Waals surface area contributed by atoms with Crippen LogP contribution in [0, 0.1) is 17.8 Å².